The Bertz CT molecular complexity index is 1490. The molecule has 0 radical (unpaired) electrons. The van der Waals surface area contributed by atoms with E-state index >= 15 is 0 Å². The lowest BCUT2D eigenvalue weighted by Gasteiger charge is -2.04. The first-order valence-electron chi connectivity index (χ1n) is 9.60. The van der Waals surface area contributed by atoms with E-state index < -0.39 is 0 Å². The zero-order valence-electron chi connectivity index (χ0n) is 16.7. The van der Waals surface area contributed by atoms with E-state index in [0.29, 0.717) is 22.2 Å². The van der Waals surface area contributed by atoms with Gasteiger partial charge < -0.3 is 4.52 Å². The molecule has 5 aromatic rings. The Balaban J connectivity index is 1.40. The lowest BCUT2D eigenvalue weighted by molar-refractivity contribution is 0.369. The molecule has 0 fully saturated rings. The van der Waals surface area contributed by atoms with Crippen molar-refractivity contribution in [3.8, 4) is 11.4 Å². The maximum atomic E-state index is 13.5. The summed E-state index contributed by atoms with van der Waals surface area (Å²) in [5.74, 6) is 0.0985. The van der Waals surface area contributed by atoms with Gasteiger partial charge in [0.05, 0.1) is 11.0 Å². The van der Waals surface area contributed by atoms with Gasteiger partial charge in [0, 0.05) is 5.56 Å². The monoisotopic (exact) mass is 495 g/mol. The molecule has 2 aromatic carbocycles. The van der Waals surface area contributed by atoms with Gasteiger partial charge in [-0.15, -0.1) is 5.10 Å². The fraction of sp³-hybridized carbons (Fsp3) is 0.143. The number of aryl methyl sites for hydroxylation is 1. The van der Waals surface area contributed by atoms with Gasteiger partial charge in [-0.05, 0) is 46.6 Å². The summed E-state index contributed by atoms with van der Waals surface area (Å²) in [6, 6.07) is 12.4. The number of aromatic nitrogens is 7. The summed E-state index contributed by atoms with van der Waals surface area (Å²) < 4.78 is 21.9. The maximum Gasteiger partial charge on any atom is 0.283 e. The van der Waals surface area contributed by atoms with Crippen LogP contribution in [0.1, 0.15) is 17.0 Å². The smallest absolute Gasteiger partial charge is 0.283 e. The van der Waals surface area contributed by atoms with Gasteiger partial charge in [-0.3, -0.25) is 9.36 Å². The third-order valence-corrected chi connectivity index (χ3v) is 5.50. The molecule has 0 aliphatic carbocycles. The topological polar surface area (TPSA) is 105 Å². The number of benzene rings is 2. The van der Waals surface area contributed by atoms with Crippen LogP contribution in [0.25, 0.3) is 22.6 Å². The highest BCUT2D eigenvalue weighted by atomic mass is 79.9. The summed E-state index contributed by atoms with van der Waals surface area (Å²) in [6.07, 6.45) is 1.40. The quantitative estimate of drug-likeness (QED) is 0.368. The second-order valence-electron chi connectivity index (χ2n) is 7.22. The molecular weight excluding hydrogens is 481 g/mol. The highest BCUT2D eigenvalue weighted by Gasteiger charge is 2.15. The zero-order chi connectivity index (χ0) is 22.2. The van der Waals surface area contributed by atoms with E-state index in [0.717, 1.165) is 11.1 Å². The average molecular weight is 496 g/mol. The fourth-order valence-corrected chi connectivity index (χ4v) is 3.57. The van der Waals surface area contributed by atoms with Crippen LogP contribution in [0, 0.1) is 12.7 Å². The van der Waals surface area contributed by atoms with E-state index in [1.54, 1.807) is 16.8 Å². The van der Waals surface area contributed by atoms with Crippen molar-refractivity contribution in [2.24, 2.45) is 0 Å². The summed E-state index contributed by atoms with van der Waals surface area (Å²) in [5.41, 5.74) is 2.95. The van der Waals surface area contributed by atoms with Gasteiger partial charge in [-0.2, -0.15) is 4.98 Å². The number of halogens is 2. The molecule has 0 atom stereocenters. The number of fused-ring (bicyclic) bond motifs is 1. The van der Waals surface area contributed by atoms with Crippen LogP contribution in [0.5, 0.6) is 0 Å². The molecule has 0 saturated heterocycles. The predicted molar refractivity (Wildman–Crippen MR) is 116 cm³/mol. The molecule has 0 aliphatic heterocycles. The lowest BCUT2D eigenvalue weighted by atomic mass is 10.1. The molecule has 160 valence electrons. The van der Waals surface area contributed by atoms with E-state index in [9.17, 15) is 9.18 Å². The van der Waals surface area contributed by atoms with Crippen molar-refractivity contribution in [1.82, 2.24) is 34.7 Å². The minimum Gasteiger partial charge on any atom is -0.337 e. The Morgan fingerprint density at radius 2 is 1.94 bits per heavy atom. The summed E-state index contributed by atoms with van der Waals surface area (Å²) in [6.45, 7) is 2.49. The molecule has 0 spiro atoms. The van der Waals surface area contributed by atoms with E-state index in [1.165, 1.54) is 17.0 Å². The molecule has 0 saturated carbocycles. The molecule has 9 nitrogen and oxygen atoms in total. The number of nitrogens with zero attached hydrogens (tertiary/aromatic N) is 7. The van der Waals surface area contributed by atoms with Gasteiger partial charge >= 0.3 is 0 Å². The first-order valence-corrected chi connectivity index (χ1v) is 10.4. The van der Waals surface area contributed by atoms with E-state index in [4.69, 9.17) is 4.52 Å². The van der Waals surface area contributed by atoms with Crippen LogP contribution in [0.3, 0.4) is 0 Å². The average Bonchev–Trinajstić information content (AvgIpc) is 3.41. The summed E-state index contributed by atoms with van der Waals surface area (Å²) >= 11 is 3.13. The molecular formula is C21H15BrFN7O2. The minimum atomic E-state index is -0.390. The van der Waals surface area contributed by atoms with Crippen LogP contribution in [0.15, 0.2) is 62.6 Å². The first kappa shape index (κ1) is 20.2. The molecule has 0 unspecified atom stereocenters. The largest absolute Gasteiger partial charge is 0.337 e. The van der Waals surface area contributed by atoms with E-state index in [1.807, 2.05) is 31.2 Å². The second-order valence-corrected chi connectivity index (χ2v) is 8.08. The van der Waals surface area contributed by atoms with Crippen LogP contribution in [0.2, 0.25) is 0 Å². The van der Waals surface area contributed by atoms with Gasteiger partial charge in [0.2, 0.25) is 11.7 Å². The van der Waals surface area contributed by atoms with Gasteiger partial charge in [0.25, 0.3) is 5.56 Å². The molecule has 0 aliphatic rings. The summed E-state index contributed by atoms with van der Waals surface area (Å²) in [7, 11) is 0. The Morgan fingerprint density at radius 1 is 1.12 bits per heavy atom. The Morgan fingerprint density at radius 3 is 2.72 bits per heavy atom. The number of hydrogen-bond acceptors (Lipinski definition) is 7. The van der Waals surface area contributed by atoms with Crippen LogP contribution < -0.4 is 5.56 Å². The molecule has 0 bridgehead atoms. The number of rotatable bonds is 5. The van der Waals surface area contributed by atoms with Gasteiger partial charge in [-0.1, -0.05) is 40.2 Å². The number of hydrogen-bond donors (Lipinski definition) is 0. The van der Waals surface area contributed by atoms with Gasteiger partial charge in [-0.25, -0.2) is 14.1 Å². The first-order chi connectivity index (χ1) is 15.5. The van der Waals surface area contributed by atoms with Gasteiger partial charge in [0.1, 0.15) is 18.7 Å². The Hall–Kier alpha value is -3.73. The maximum absolute atomic E-state index is 13.5. The van der Waals surface area contributed by atoms with Gasteiger partial charge in [0.15, 0.2) is 11.2 Å². The van der Waals surface area contributed by atoms with Crippen molar-refractivity contribution < 1.29 is 8.91 Å². The lowest BCUT2D eigenvalue weighted by Crippen LogP contribution is -2.21. The van der Waals surface area contributed by atoms with E-state index in [-0.39, 0.29) is 35.2 Å². The van der Waals surface area contributed by atoms with Crippen molar-refractivity contribution in [1.29, 1.82) is 0 Å². The van der Waals surface area contributed by atoms with Crippen LogP contribution in [0.4, 0.5) is 4.39 Å². The molecule has 32 heavy (non-hydrogen) atoms. The van der Waals surface area contributed by atoms with Crippen molar-refractivity contribution in [3.05, 3.63) is 86.5 Å². The third kappa shape index (κ3) is 3.82. The minimum absolute atomic E-state index is 0.0158. The van der Waals surface area contributed by atoms with Crippen LogP contribution in [-0.2, 0) is 13.1 Å². The third-order valence-electron chi connectivity index (χ3n) is 4.90. The molecule has 11 heteroatoms. The standard InChI is InChI=1S/C21H15BrFN7O2/c1-12-2-4-13(5-3-12)9-30-20-18(26-28-30)21(31)29(11-24-20)10-17-25-19(27-32-17)14-6-7-16(23)15(22)8-14/h2-8,11H,9-10H2,1H3. The molecule has 0 N–H and O–H groups in total. The SMILES string of the molecule is Cc1ccc(Cn2nnc3c(=O)n(Cc4nc(-c5ccc(F)c(Br)c5)no4)cnc32)cc1. The molecule has 3 heterocycles. The highest BCUT2D eigenvalue weighted by molar-refractivity contribution is 9.10. The van der Waals surface area contributed by atoms with Crippen molar-refractivity contribution in [3.63, 3.8) is 0 Å². The molecule has 0 amide bonds. The Kier molecular flexibility index (Phi) is 5.10. The van der Waals surface area contributed by atoms with E-state index in [2.05, 4.69) is 41.4 Å². The van der Waals surface area contributed by atoms with Crippen molar-refractivity contribution in [2.45, 2.75) is 20.0 Å². The zero-order valence-corrected chi connectivity index (χ0v) is 18.3. The molecule has 3 aromatic heterocycles. The molecule has 5 rings (SSSR count). The Labute approximate surface area is 188 Å². The van der Waals surface area contributed by atoms with Crippen LogP contribution >= 0.6 is 15.9 Å². The highest BCUT2D eigenvalue weighted by Crippen LogP contribution is 2.23. The van der Waals surface area contributed by atoms with Crippen molar-refractivity contribution in [2.75, 3.05) is 0 Å². The fourth-order valence-electron chi connectivity index (χ4n) is 3.19. The summed E-state index contributed by atoms with van der Waals surface area (Å²) in [4.78, 5) is 21.5. The second kappa shape index (κ2) is 8.08. The predicted octanol–water partition coefficient (Wildman–Crippen LogP) is 3.34. The van der Waals surface area contributed by atoms with Crippen LogP contribution in [-0.4, -0.2) is 34.7 Å². The van der Waals surface area contributed by atoms with Crippen molar-refractivity contribution >= 4 is 27.1 Å². The summed E-state index contributed by atoms with van der Waals surface area (Å²) in [5, 5.41) is 12.0. The normalized spacial score (nSPS) is 11.3.